The van der Waals surface area contributed by atoms with Gasteiger partial charge in [0.25, 0.3) is 5.91 Å². The van der Waals surface area contributed by atoms with Gasteiger partial charge in [0, 0.05) is 23.6 Å². The molecule has 2 heterocycles. The fourth-order valence-corrected chi connectivity index (χ4v) is 4.31. The summed E-state index contributed by atoms with van der Waals surface area (Å²) in [4.78, 5) is 25.8. The summed E-state index contributed by atoms with van der Waals surface area (Å²) in [6, 6.07) is 11.9. The molecule has 0 radical (unpaired) electrons. The molecule has 0 spiro atoms. The number of hydrogen-bond donors (Lipinski definition) is 2. The topological polar surface area (TPSA) is 58.2 Å². The van der Waals surface area contributed by atoms with Crippen LogP contribution in [0.1, 0.15) is 34.1 Å². The first-order chi connectivity index (χ1) is 11.2. The van der Waals surface area contributed by atoms with Crippen LogP contribution in [-0.4, -0.2) is 24.1 Å². The standard InChI is InChI=1S/C17H18N2O2S2/c20-16(7-9-18-17(21)15-6-3-10-22-15)19-13-8-11-23-14-5-2-1-4-12(13)14/h1-6,10,13H,7-9,11H2,(H,18,21)(H,19,20). The van der Waals surface area contributed by atoms with Gasteiger partial charge in [-0.1, -0.05) is 24.3 Å². The summed E-state index contributed by atoms with van der Waals surface area (Å²) in [6.07, 6.45) is 1.23. The molecule has 0 saturated heterocycles. The number of hydrogen-bond acceptors (Lipinski definition) is 4. The zero-order chi connectivity index (χ0) is 16.1. The van der Waals surface area contributed by atoms with Gasteiger partial charge in [-0.2, -0.15) is 0 Å². The molecule has 4 nitrogen and oxygen atoms in total. The molecule has 0 fully saturated rings. The average Bonchev–Trinajstić information content (AvgIpc) is 3.10. The molecule has 2 N–H and O–H groups in total. The SMILES string of the molecule is O=C(CCNC(=O)c1cccs1)NC1CCSc2ccccc21. The molecule has 1 unspecified atom stereocenters. The van der Waals surface area contributed by atoms with Crippen LogP contribution in [0.5, 0.6) is 0 Å². The zero-order valence-corrected chi connectivity index (χ0v) is 14.2. The fraction of sp³-hybridized carbons (Fsp3) is 0.294. The van der Waals surface area contributed by atoms with Gasteiger partial charge in [-0.25, -0.2) is 0 Å². The van der Waals surface area contributed by atoms with Gasteiger partial charge in [0.05, 0.1) is 10.9 Å². The van der Waals surface area contributed by atoms with Crippen LogP contribution in [0.25, 0.3) is 0 Å². The van der Waals surface area contributed by atoms with E-state index in [-0.39, 0.29) is 17.9 Å². The fourth-order valence-electron chi connectivity index (χ4n) is 2.54. The number of nitrogens with one attached hydrogen (secondary N) is 2. The Morgan fingerprint density at radius 1 is 1.17 bits per heavy atom. The van der Waals surface area contributed by atoms with Crippen LogP contribution < -0.4 is 10.6 Å². The van der Waals surface area contributed by atoms with E-state index in [1.54, 1.807) is 6.07 Å². The maximum Gasteiger partial charge on any atom is 0.261 e. The molecule has 120 valence electrons. The van der Waals surface area contributed by atoms with E-state index in [0.29, 0.717) is 17.8 Å². The number of carbonyl (C=O) groups is 2. The van der Waals surface area contributed by atoms with E-state index in [4.69, 9.17) is 0 Å². The molecule has 0 aliphatic carbocycles. The first-order valence-electron chi connectivity index (χ1n) is 7.57. The molecule has 1 aliphatic rings. The molecule has 6 heteroatoms. The highest BCUT2D eigenvalue weighted by atomic mass is 32.2. The molecule has 23 heavy (non-hydrogen) atoms. The highest BCUT2D eigenvalue weighted by molar-refractivity contribution is 7.99. The van der Waals surface area contributed by atoms with Crippen molar-refractivity contribution < 1.29 is 9.59 Å². The van der Waals surface area contributed by atoms with Crippen LogP contribution in [0.4, 0.5) is 0 Å². The van der Waals surface area contributed by atoms with Crippen molar-refractivity contribution in [2.45, 2.75) is 23.8 Å². The first-order valence-corrected chi connectivity index (χ1v) is 9.43. The highest BCUT2D eigenvalue weighted by Gasteiger charge is 2.21. The van der Waals surface area contributed by atoms with Crippen LogP contribution in [0.2, 0.25) is 0 Å². The van der Waals surface area contributed by atoms with Crippen molar-refractivity contribution in [2.75, 3.05) is 12.3 Å². The molecule has 0 saturated carbocycles. The van der Waals surface area contributed by atoms with E-state index >= 15 is 0 Å². The predicted molar refractivity (Wildman–Crippen MR) is 93.9 cm³/mol. The molecular weight excluding hydrogens is 328 g/mol. The van der Waals surface area contributed by atoms with Crippen LogP contribution in [-0.2, 0) is 4.79 Å². The molecule has 2 amide bonds. The maximum absolute atomic E-state index is 12.1. The van der Waals surface area contributed by atoms with Gasteiger partial charge in [-0.05, 0) is 29.5 Å². The van der Waals surface area contributed by atoms with E-state index in [1.165, 1.54) is 21.8 Å². The number of carbonyl (C=O) groups excluding carboxylic acids is 2. The number of amides is 2. The van der Waals surface area contributed by atoms with Crippen molar-refractivity contribution in [3.8, 4) is 0 Å². The Morgan fingerprint density at radius 2 is 2.04 bits per heavy atom. The lowest BCUT2D eigenvalue weighted by Gasteiger charge is -2.25. The smallest absolute Gasteiger partial charge is 0.261 e. The van der Waals surface area contributed by atoms with Gasteiger partial charge in [-0.3, -0.25) is 9.59 Å². The Kier molecular flexibility index (Phi) is 5.35. The van der Waals surface area contributed by atoms with Crippen molar-refractivity contribution in [2.24, 2.45) is 0 Å². The van der Waals surface area contributed by atoms with Crippen LogP contribution >= 0.6 is 23.1 Å². The Balaban J connectivity index is 1.48. The summed E-state index contributed by atoms with van der Waals surface area (Å²) in [5, 5.41) is 7.72. The van der Waals surface area contributed by atoms with Crippen molar-refractivity contribution in [1.82, 2.24) is 10.6 Å². The summed E-state index contributed by atoms with van der Waals surface area (Å²) in [5.74, 6) is 0.868. The average molecular weight is 346 g/mol. The second kappa shape index (κ2) is 7.66. The molecule has 1 atom stereocenters. The number of thiophene rings is 1. The lowest BCUT2D eigenvalue weighted by Crippen LogP contribution is -2.33. The first kappa shape index (κ1) is 16.1. The molecule has 1 aromatic heterocycles. The van der Waals surface area contributed by atoms with Crippen LogP contribution in [0, 0.1) is 0 Å². The summed E-state index contributed by atoms with van der Waals surface area (Å²) < 4.78 is 0. The van der Waals surface area contributed by atoms with E-state index in [2.05, 4.69) is 22.8 Å². The third kappa shape index (κ3) is 4.14. The van der Waals surface area contributed by atoms with Crippen LogP contribution in [0.3, 0.4) is 0 Å². The molecule has 3 rings (SSSR count). The molecule has 2 aromatic rings. The Hall–Kier alpha value is -1.79. The van der Waals surface area contributed by atoms with Crippen molar-refractivity contribution >= 4 is 34.9 Å². The molecule has 1 aromatic carbocycles. The number of thioether (sulfide) groups is 1. The normalized spacial score (nSPS) is 16.4. The zero-order valence-electron chi connectivity index (χ0n) is 12.6. The lowest BCUT2D eigenvalue weighted by molar-refractivity contribution is -0.121. The lowest BCUT2D eigenvalue weighted by atomic mass is 10.0. The van der Waals surface area contributed by atoms with Gasteiger partial charge in [0.1, 0.15) is 0 Å². The quantitative estimate of drug-likeness (QED) is 0.874. The minimum atomic E-state index is -0.118. The Labute approximate surface area is 143 Å². The van der Waals surface area contributed by atoms with E-state index in [1.807, 2.05) is 35.3 Å². The third-order valence-electron chi connectivity index (χ3n) is 3.68. The summed E-state index contributed by atoms with van der Waals surface area (Å²) in [5.41, 5.74) is 1.19. The third-order valence-corrected chi connectivity index (χ3v) is 5.67. The number of fused-ring (bicyclic) bond motifs is 1. The Morgan fingerprint density at radius 3 is 2.87 bits per heavy atom. The van der Waals surface area contributed by atoms with E-state index in [0.717, 1.165) is 12.2 Å². The minimum Gasteiger partial charge on any atom is -0.351 e. The number of rotatable bonds is 5. The molecule has 0 bridgehead atoms. The van der Waals surface area contributed by atoms with Gasteiger partial charge < -0.3 is 10.6 Å². The van der Waals surface area contributed by atoms with Gasteiger partial charge >= 0.3 is 0 Å². The highest BCUT2D eigenvalue weighted by Crippen LogP contribution is 2.35. The largest absolute Gasteiger partial charge is 0.351 e. The van der Waals surface area contributed by atoms with Crippen molar-refractivity contribution in [1.29, 1.82) is 0 Å². The summed E-state index contributed by atoms with van der Waals surface area (Å²) >= 11 is 3.23. The minimum absolute atomic E-state index is 0.0248. The number of benzene rings is 1. The van der Waals surface area contributed by atoms with Gasteiger partial charge in [0.15, 0.2) is 0 Å². The van der Waals surface area contributed by atoms with Gasteiger partial charge in [0.2, 0.25) is 5.91 Å². The monoisotopic (exact) mass is 346 g/mol. The van der Waals surface area contributed by atoms with E-state index < -0.39 is 0 Å². The predicted octanol–water partition coefficient (Wildman–Crippen LogP) is 3.22. The second-order valence-corrected chi connectivity index (χ2v) is 7.36. The van der Waals surface area contributed by atoms with Crippen molar-refractivity contribution in [3.63, 3.8) is 0 Å². The summed E-state index contributed by atoms with van der Waals surface area (Å²) in [6.45, 7) is 0.353. The van der Waals surface area contributed by atoms with Gasteiger partial charge in [-0.15, -0.1) is 23.1 Å². The van der Waals surface area contributed by atoms with Crippen molar-refractivity contribution in [3.05, 3.63) is 52.2 Å². The van der Waals surface area contributed by atoms with Crippen LogP contribution in [0.15, 0.2) is 46.7 Å². The Bertz CT molecular complexity index is 686. The molecular formula is C17H18N2O2S2. The van der Waals surface area contributed by atoms with E-state index in [9.17, 15) is 9.59 Å². The second-order valence-electron chi connectivity index (χ2n) is 5.28. The summed E-state index contributed by atoms with van der Waals surface area (Å²) in [7, 11) is 0. The maximum atomic E-state index is 12.1. The molecule has 1 aliphatic heterocycles.